The number of nitrogens with one attached hydrogen (secondary N) is 1. The molecule has 2 amide bonds. The van der Waals surface area contributed by atoms with Crippen LogP contribution in [0.25, 0.3) is 0 Å². The van der Waals surface area contributed by atoms with Gasteiger partial charge in [-0.1, -0.05) is 44.2 Å². The summed E-state index contributed by atoms with van der Waals surface area (Å²) in [4.78, 5) is 30.0. The summed E-state index contributed by atoms with van der Waals surface area (Å²) in [5, 5.41) is 3.28. The monoisotopic (exact) mass is 429 g/mol. The lowest BCUT2D eigenvalue weighted by molar-refractivity contribution is -0.129. The van der Waals surface area contributed by atoms with E-state index in [1.807, 2.05) is 0 Å². The minimum absolute atomic E-state index is 0.100. The fourth-order valence-corrected chi connectivity index (χ4v) is 5.70. The Morgan fingerprint density at radius 3 is 2.26 bits per heavy atom. The standard InChI is InChI=1S/C25H36FN3O2/c26-22-13-7-6-12-21(22)25(31)29-16-14-28(15-17-29)23(20-10-4-5-11-20)24(30)27-18-19-8-2-1-3-9-19/h6-7,12-13,19-20,23H,1-5,8-11,14-18H2,(H,27,30). The van der Waals surface area contributed by atoms with Crippen molar-refractivity contribution in [1.82, 2.24) is 15.1 Å². The highest BCUT2D eigenvalue weighted by Crippen LogP contribution is 2.31. The highest BCUT2D eigenvalue weighted by Gasteiger charge is 2.37. The number of hydrogen-bond donors (Lipinski definition) is 1. The second-order valence-electron chi connectivity index (χ2n) is 9.55. The Bertz CT molecular complexity index is 751. The third-order valence-corrected chi connectivity index (χ3v) is 7.50. The fraction of sp³-hybridized carbons (Fsp3) is 0.680. The molecule has 2 aliphatic carbocycles. The molecular formula is C25H36FN3O2. The number of carbonyl (C=O) groups excluding carboxylic acids is 2. The molecule has 3 fully saturated rings. The minimum Gasteiger partial charge on any atom is -0.354 e. The molecule has 3 aliphatic rings. The topological polar surface area (TPSA) is 52.7 Å². The number of amides is 2. The summed E-state index contributed by atoms with van der Waals surface area (Å²) in [7, 11) is 0. The molecule has 1 unspecified atom stereocenters. The lowest BCUT2D eigenvalue weighted by Gasteiger charge is -2.41. The molecule has 31 heavy (non-hydrogen) atoms. The molecule has 1 heterocycles. The van der Waals surface area contributed by atoms with Crippen LogP contribution in [0.5, 0.6) is 0 Å². The van der Waals surface area contributed by atoms with E-state index in [-0.39, 0.29) is 23.4 Å². The van der Waals surface area contributed by atoms with E-state index in [0.717, 1.165) is 19.4 Å². The second kappa shape index (κ2) is 10.6. The molecule has 1 saturated heterocycles. The van der Waals surface area contributed by atoms with Gasteiger partial charge in [0.2, 0.25) is 5.91 Å². The zero-order valence-corrected chi connectivity index (χ0v) is 18.5. The summed E-state index contributed by atoms with van der Waals surface area (Å²) in [5.41, 5.74) is 0.133. The van der Waals surface area contributed by atoms with Crippen molar-refractivity contribution in [2.75, 3.05) is 32.7 Å². The van der Waals surface area contributed by atoms with E-state index in [1.165, 1.54) is 51.0 Å². The van der Waals surface area contributed by atoms with Crippen molar-refractivity contribution in [3.63, 3.8) is 0 Å². The van der Waals surface area contributed by atoms with E-state index < -0.39 is 5.82 Å². The van der Waals surface area contributed by atoms with Gasteiger partial charge in [-0.25, -0.2) is 4.39 Å². The second-order valence-corrected chi connectivity index (χ2v) is 9.55. The number of benzene rings is 1. The molecule has 1 aromatic rings. The third kappa shape index (κ3) is 5.46. The van der Waals surface area contributed by atoms with Gasteiger partial charge in [-0.2, -0.15) is 0 Å². The number of nitrogens with zero attached hydrogens (tertiary/aromatic N) is 2. The Kier molecular flexibility index (Phi) is 7.59. The van der Waals surface area contributed by atoms with Crippen molar-refractivity contribution < 1.29 is 14.0 Å². The van der Waals surface area contributed by atoms with Crippen LogP contribution in [-0.4, -0.2) is 60.4 Å². The van der Waals surface area contributed by atoms with Crippen molar-refractivity contribution >= 4 is 11.8 Å². The first-order chi connectivity index (χ1) is 15.1. The van der Waals surface area contributed by atoms with Crippen molar-refractivity contribution in [3.05, 3.63) is 35.6 Å². The van der Waals surface area contributed by atoms with Crippen LogP contribution >= 0.6 is 0 Å². The molecular weight excluding hydrogens is 393 g/mol. The maximum atomic E-state index is 14.0. The van der Waals surface area contributed by atoms with Crippen molar-refractivity contribution in [3.8, 4) is 0 Å². The summed E-state index contributed by atoms with van der Waals surface area (Å²) in [6.45, 7) is 3.20. The van der Waals surface area contributed by atoms with Crippen LogP contribution in [0.15, 0.2) is 24.3 Å². The van der Waals surface area contributed by atoms with E-state index in [1.54, 1.807) is 23.1 Å². The first kappa shape index (κ1) is 22.3. The van der Waals surface area contributed by atoms with Gasteiger partial charge in [-0.15, -0.1) is 0 Å². The Hall–Kier alpha value is -1.95. The summed E-state index contributed by atoms with van der Waals surface area (Å²) >= 11 is 0. The van der Waals surface area contributed by atoms with Gasteiger partial charge in [0.05, 0.1) is 11.6 Å². The predicted molar refractivity (Wildman–Crippen MR) is 119 cm³/mol. The van der Waals surface area contributed by atoms with Gasteiger partial charge in [0, 0.05) is 32.7 Å². The molecule has 0 spiro atoms. The number of hydrogen-bond acceptors (Lipinski definition) is 3. The average molecular weight is 430 g/mol. The van der Waals surface area contributed by atoms with E-state index >= 15 is 0 Å². The Labute approximate surface area is 185 Å². The summed E-state index contributed by atoms with van der Waals surface area (Å²) in [6, 6.07) is 6.07. The van der Waals surface area contributed by atoms with Crippen LogP contribution in [0.4, 0.5) is 4.39 Å². The SMILES string of the molecule is O=C(NCC1CCCCC1)C(C1CCCC1)N1CCN(C(=O)c2ccccc2F)CC1. The van der Waals surface area contributed by atoms with Crippen LogP contribution < -0.4 is 5.32 Å². The van der Waals surface area contributed by atoms with Gasteiger partial charge in [0.1, 0.15) is 5.82 Å². The first-order valence-electron chi connectivity index (χ1n) is 12.2. The van der Waals surface area contributed by atoms with Crippen molar-refractivity contribution in [2.24, 2.45) is 11.8 Å². The molecule has 170 valence electrons. The van der Waals surface area contributed by atoms with Crippen LogP contribution in [-0.2, 0) is 4.79 Å². The molecule has 5 nitrogen and oxygen atoms in total. The van der Waals surface area contributed by atoms with Gasteiger partial charge >= 0.3 is 0 Å². The average Bonchev–Trinajstić information content (AvgIpc) is 3.33. The van der Waals surface area contributed by atoms with Gasteiger partial charge in [-0.3, -0.25) is 14.5 Å². The fourth-order valence-electron chi connectivity index (χ4n) is 5.70. The molecule has 6 heteroatoms. The van der Waals surface area contributed by atoms with Gasteiger partial charge in [-0.05, 0) is 49.7 Å². The molecule has 1 aliphatic heterocycles. The number of rotatable bonds is 6. The van der Waals surface area contributed by atoms with Crippen LogP contribution in [0.1, 0.15) is 68.1 Å². The van der Waals surface area contributed by atoms with Gasteiger partial charge in [0.15, 0.2) is 0 Å². The first-order valence-corrected chi connectivity index (χ1v) is 12.2. The lowest BCUT2D eigenvalue weighted by Crippen LogP contribution is -2.58. The summed E-state index contributed by atoms with van der Waals surface area (Å²) in [6.07, 6.45) is 11.0. The van der Waals surface area contributed by atoms with Crippen LogP contribution in [0.2, 0.25) is 0 Å². The lowest BCUT2D eigenvalue weighted by atomic mass is 9.89. The van der Waals surface area contributed by atoms with Crippen LogP contribution in [0, 0.1) is 17.7 Å². The van der Waals surface area contributed by atoms with Crippen LogP contribution in [0.3, 0.4) is 0 Å². The van der Waals surface area contributed by atoms with Crippen molar-refractivity contribution in [2.45, 2.75) is 63.8 Å². The molecule has 0 radical (unpaired) electrons. The molecule has 0 aromatic heterocycles. The van der Waals surface area contributed by atoms with E-state index in [2.05, 4.69) is 10.2 Å². The number of carbonyl (C=O) groups is 2. The van der Waals surface area contributed by atoms with Gasteiger partial charge in [0.25, 0.3) is 5.91 Å². The normalized spacial score (nSPS) is 22.4. The molecule has 1 atom stereocenters. The molecule has 2 saturated carbocycles. The predicted octanol–water partition coefficient (Wildman–Crippen LogP) is 3.84. The Morgan fingerprint density at radius 1 is 0.935 bits per heavy atom. The maximum absolute atomic E-state index is 14.0. The molecule has 1 aromatic carbocycles. The zero-order valence-electron chi connectivity index (χ0n) is 18.5. The smallest absolute Gasteiger partial charge is 0.256 e. The Balaban J connectivity index is 1.36. The van der Waals surface area contributed by atoms with E-state index in [9.17, 15) is 14.0 Å². The molecule has 1 N–H and O–H groups in total. The molecule has 4 rings (SSSR count). The number of piperazine rings is 1. The largest absolute Gasteiger partial charge is 0.354 e. The van der Waals surface area contributed by atoms with E-state index in [0.29, 0.717) is 38.0 Å². The third-order valence-electron chi connectivity index (χ3n) is 7.50. The van der Waals surface area contributed by atoms with Crippen molar-refractivity contribution in [1.29, 1.82) is 0 Å². The summed E-state index contributed by atoms with van der Waals surface area (Å²) in [5.74, 6) is 0.474. The number of halogens is 1. The van der Waals surface area contributed by atoms with Gasteiger partial charge < -0.3 is 10.2 Å². The minimum atomic E-state index is -0.471. The summed E-state index contributed by atoms with van der Waals surface area (Å²) < 4.78 is 14.0. The highest BCUT2D eigenvalue weighted by atomic mass is 19.1. The van der Waals surface area contributed by atoms with E-state index in [4.69, 9.17) is 0 Å². The highest BCUT2D eigenvalue weighted by molar-refractivity contribution is 5.94. The zero-order chi connectivity index (χ0) is 21.6. The quantitative estimate of drug-likeness (QED) is 0.748. The Morgan fingerprint density at radius 2 is 1.58 bits per heavy atom. The molecule has 0 bridgehead atoms. The maximum Gasteiger partial charge on any atom is 0.256 e.